The van der Waals surface area contributed by atoms with Gasteiger partial charge in [-0.15, -0.1) is 0 Å². The summed E-state index contributed by atoms with van der Waals surface area (Å²) in [5.41, 5.74) is 7.01. The summed E-state index contributed by atoms with van der Waals surface area (Å²) in [7, 11) is 0. The summed E-state index contributed by atoms with van der Waals surface area (Å²) < 4.78 is 0.668. The first-order valence-corrected chi connectivity index (χ1v) is 10.8. The molecule has 1 unspecified atom stereocenters. The number of hydrogen-bond acceptors (Lipinski definition) is 4. The number of thioether (sulfide) groups is 1. The van der Waals surface area contributed by atoms with E-state index in [1.54, 1.807) is 54.2 Å². The van der Waals surface area contributed by atoms with E-state index in [0.29, 0.717) is 22.1 Å². The first-order valence-electron chi connectivity index (χ1n) is 8.63. The largest absolute Gasteiger partial charge is 0.369 e. The molecule has 0 saturated heterocycles. The van der Waals surface area contributed by atoms with Crippen LogP contribution in [-0.4, -0.2) is 35.8 Å². The zero-order chi connectivity index (χ0) is 20.5. The van der Waals surface area contributed by atoms with E-state index in [1.165, 1.54) is 0 Å². The van der Waals surface area contributed by atoms with Crippen molar-refractivity contribution in [2.45, 2.75) is 18.9 Å². The van der Waals surface area contributed by atoms with E-state index in [1.807, 2.05) is 12.3 Å². The number of rotatable bonds is 9. The highest BCUT2D eigenvalue weighted by molar-refractivity contribution is 9.10. The minimum atomic E-state index is -0.669. The van der Waals surface area contributed by atoms with E-state index in [9.17, 15) is 14.4 Å². The van der Waals surface area contributed by atoms with Gasteiger partial charge in [-0.1, -0.05) is 24.3 Å². The molecule has 2 aromatic rings. The number of nitrogens with one attached hydrogen (secondary N) is 2. The highest BCUT2D eigenvalue weighted by atomic mass is 79.9. The SMILES string of the molecule is CSCCC(NC(=O)c1ccccc1Br)C(=O)Nc1ccc(CC(N)=O)cc1. The van der Waals surface area contributed by atoms with Gasteiger partial charge in [-0.2, -0.15) is 11.8 Å². The van der Waals surface area contributed by atoms with Crippen molar-refractivity contribution in [3.63, 3.8) is 0 Å². The molecule has 0 aliphatic carbocycles. The number of hydrogen-bond donors (Lipinski definition) is 3. The second kappa shape index (κ2) is 10.9. The van der Waals surface area contributed by atoms with Crippen LogP contribution in [0.5, 0.6) is 0 Å². The molecule has 4 N–H and O–H groups in total. The van der Waals surface area contributed by atoms with Gasteiger partial charge >= 0.3 is 0 Å². The molecule has 0 heterocycles. The van der Waals surface area contributed by atoms with Crippen LogP contribution in [0.1, 0.15) is 22.3 Å². The lowest BCUT2D eigenvalue weighted by Gasteiger charge is -2.19. The molecule has 0 aliphatic rings. The van der Waals surface area contributed by atoms with E-state index in [4.69, 9.17) is 5.73 Å². The number of anilines is 1. The summed E-state index contributed by atoms with van der Waals surface area (Å²) in [4.78, 5) is 36.3. The molecule has 1 atom stereocenters. The zero-order valence-electron chi connectivity index (χ0n) is 15.4. The first kappa shape index (κ1) is 22.0. The maximum absolute atomic E-state index is 12.7. The van der Waals surface area contributed by atoms with Crippen LogP contribution in [0, 0.1) is 0 Å². The molecule has 0 radical (unpaired) electrons. The van der Waals surface area contributed by atoms with Crippen LogP contribution in [0.15, 0.2) is 53.0 Å². The predicted molar refractivity (Wildman–Crippen MR) is 116 cm³/mol. The molecule has 0 fully saturated rings. The van der Waals surface area contributed by atoms with E-state index in [-0.39, 0.29) is 18.2 Å². The van der Waals surface area contributed by atoms with Crippen molar-refractivity contribution < 1.29 is 14.4 Å². The van der Waals surface area contributed by atoms with E-state index < -0.39 is 11.9 Å². The molecule has 6 nitrogen and oxygen atoms in total. The van der Waals surface area contributed by atoms with Gasteiger partial charge in [0, 0.05) is 10.2 Å². The summed E-state index contributed by atoms with van der Waals surface area (Å²) in [6.45, 7) is 0. The van der Waals surface area contributed by atoms with E-state index in [2.05, 4.69) is 26.6 Å². The molecule has 8 heteroatoms. The number of carbonyl (C=O) groups is 3. The molecule has 148 valence electrons. The molecule has 2 aromatic carbocycles. The maximum Gasteiger partial charge on any atom is 0.253 e. The summed E-state index contributed by atoms with van der Waals surface area (Å²) in [6.07, 6.45) is 2.59. The average molecular weight is 464 g/mol. The summed E-state index contributed by atoms with van der Waals surface area (Å²) in [5.74, 6) is -0.294. The van der Waals surface area contributed by atoms with Crippen LogP contribution in [0.4, 0.5) is 5.69 Å². The average Bonchev–Trinajstić information content (AvgIpc) is 2.66. The topological polar surface area (TPSA) is 101 Å². The van der Waals surface area contributed by atoms with E-state index >= 15 is 0 Å². The smallest absolute Gasteiger partial charge is 0.253 e. The monoisotopic (exact) mass is 463 g/mol. The Morgan fingerprint density at radius 2 is 1.79 bits per heavy atom. The highest BCUT2D eigenvalue weighted by Gasteiger charge is 2.22. The Morgan fingerprint density at radius 1 is 1.11 bits per heavy atom. The molecule has 0 bridgehead atoms. The minimum absolute atomic E-state index is 0.145. The summed E-state index contributed by atoms with van der Waals surface area (Å²) in [5, 5.41) is 5.62. The van der Waals surface area contributed by atoms with E-state index in [0.717, 1.165) is 11.3 Å². The molecule has 3 amide bonds. The lowest BCUT2D eigenvalue weighted by molar-refractivity contribution is -0.118. The maximum atomic E-state index is 12.7. The van der Waals surface area contributed by atoms with Crippen LogP contribution in [0.3, 0.4) is 0 Å². The van der Waals surface area contributed by atoms with Crippen LogP contribution in [0.2, 0.25) is 0 Å². The molecule has 0 saturated carbocycles. The van der Waals surface area contributed by atoms with Gasteiger partial charge in [0.1, 0.15) is 6.04 Å². The number of benzene rings is 2. The predicted octanol–water partition coefficient (Wildman–Crippen LogP) is 2.97. The lowest BCUT2D eigenvalue weighted by atomic mass is 10.1. The van der Waals surface area contributed by atoms with Crippen molar-refractivity contribution in [1.29, 1.82) is 0 Å². The van der Waals surface area contributed by atoms with Gasteiger partial charge in [0.15, 0.2) is 0 Å². The number of amides is 3. The van der Waals surface area contributed by atoms with Gasteiger partial charge in [-0.3, -0.25) is 14.4 Å². The highest BCUT2D eigenvalue weighted by Crippen LogP contribution is 2.17. The normalized spacial score (nSPS) is 11.5. The number of halogens is 1. The molecular weight excluding hydrogens is 442 g/mol. The molecule has 0 aliphatic heterocycles. The molecule has 0 aromatic heterocycles. The Kier molecular flexibility index (Phi) is 8.53. The van der Waals surface area contributed by atoms with Gasteiger partial charge < -0.3 is 16.4 Å². The third-order valence-electron chi connectivity index (χ3n) is 3.95. The third-order valence-corrected chi connectivity index (χ3v) is 5.29. The number of primary amides is 1. The van der Waals surface area contributed by atoms with Crippen molar-refractivity contribution in [2.24, 2.45) is 5.73 Å². The fourth-order valence-electron chi connectivity index (χ4n) is 2.52. The summed E-state index contributed by atoms with van der Waals surface area (Å²) in [6, 6.07) is 13.3. The van der Waals surface area contributed by atoms with Gasteiger partial charge in [-0.05, 0) is 64.2 Å². The first-order chi connectivity index (χ1) is 13.4. The van der Waals surface area contributed by atoms with Crippen LogP contribution in [-0.2, 0) is 16.0 Å². The van der Waals surface area contributed by atoms with Crippen molar-refractivity contribution in [2.75, 3.05) is 17.3 Å². The third kappa shape index (κ3) is 6.69. The Balaban J connectivity index is 2.07. The molecule has 0 spiro atoms. The van der Waals surface area contributed by atoms with Gasteiger partial charge in [-0.25, -0.2) is 0 Å². The fourth-order valence-corrected chi connectivity index (χ4v) is 3.46. The number of carbonyl (C=O) groups excluding carboxylic acids is 3. The minimum Gasteiger partial charge on any atom is -0.369 e. The van der Waals surface area contributed by atoms with Crippen LogP contribution >= 0.6 is 27.7 Å². The second-order valence-corrected chi connectivity index (χ2v) is 7.96. The molecule has 28 heavy (non-hydrogen) atoms. The molecular formula is C20H22BrN3O3S. The van der Waals surface area contributed by atoms with Crippen molar-refractivity contribution in [3.8, 4) is 0 Å². The summed E-state index contributed by atoms with van der Waals surface area (Å²) >= 11 is 4.96. The second-order valence-electron chi connectivity index (χ2n) is 6.12. The Labute approximate surface area is 176 Å². The Bertz CT molecular complexity index is 843. The van der Waals surface area contributed by atoms with Gasteiger partial charge in [0.05, 0.1) is 12.0 Å². The number of nitrogens with two attached hydrogens (primary N) is 1. The fraction of sp³-hybridized carbons (Fsp3) is 0.250. The molecule has 2 rings (SSSR count). The Morgan fingerprint density at radius 3 is 2.39 bits per heavy atom. The van der Waals surface area contributed by atoms with Crippen LogP contribution < -0.4 is 16.4 Å². The van der Waals surface area contributed by atoms with Crippen molar-refractivity contribution in [1.82, 2.24) is 5.32 Å². The van der Waals surface area contributed by atoms with Gasteiger partial charge in [0.2, 0.25) is 11.8 Å². The Hall–Kier alpha value is -2.32. The zero-order valence-corrected chi connectivity index (χ0v) is 17.8. The van der Waals surface area contributed by atoms with Gasteiger partial charge in [0.25, 0.3) is 5.91 Å². The van der Waals surface area contributed by atoms with Crippen molar-refractivity contribution >= 4 is 51.1 Å². The van der Waals surface area contributed by atoms with Crippen LogP contribution in [0.25, 0.3) is 0 Å². The lowest BCUT2D eigenvalue weighted by Crippen LogP contribution is -2.44. The standard InChI is InChI=1S/C20H22BrN3O3S/c1-28-11-10-17(24-19(26)15-4-2-3-5-16(15)21)20(27)23-14-8-6-13(7-9-14)12-18(22)25/h2-9,17H,10-12H2,1H3,(H2,22,25)(H,23,27)(H,24,26). The van der Waals surface area contributed by atoms with Crippen molar-refractivity contribution in [3.05, 3.63) is 64.1 Å². The quantitative estimate of drug-likeness (QED) is 0.531.